The number of hydrogen-bond donors (Lipinski definition) is 0. The minimum atomic E-state index is -0.377. The molecule has 0 aliphatic carbocycles. The molecule has 0 N–H and O–H groups in total. The zero-order chi connectivity index (χ0) is 14.8. The highest BCUT2D eigenvalue weighted by atomic mass is 19.1. The van der Waals surface area contributed by atoms with Crippen LogP contribution in [0.1, 0.15) is 35.6 Å². The van der Waals surface area contributed by atoms with E-state index in [1.807, 2.05) is 0 Å². The molecular formula is C18H19F2N. The number of hydrogen-bond acceptors (Lipinski definition) is 1. The van der Waals surface area contributed by atoms with Crippen molar-refractivity contribution in [2.75, 3.05) is 6.54 Å². The summed E-state index contributed by atoms with van der Waals surface area (Å²) in [7, 11) is 0. The fourth-order valence-corrected chi connectivity index (χ4v) is 3.15. The van der Waals surface area contributed by atoms with Crippen LogP contribution in [0.3, 0.4) is 0 Å². The number of halogens is 2. The Labute approximate surface area is 124 Å². The molecule has 1 atom stereocenters. The van der Waals surface area contributed by atoms with Gasteiger partial charge in [-0.2, -0.15) is 0 Å². The fraction of sp³-hybridized carbons (Fsp3) is 0.333. The zero-order valence-electron chi connectivity index (χ0n) is 12.2. The lowest BCUT2D eigenvalue weighted by atomic mass is 10.0. The summed E-state index contributed by atoms with van der Waals surface area (Å²) in [5, 5.41) is 0. The van der Waals surface area contributed by atoms with Crippen LogP contribution in [-0.4, -0.2) is 11.4 Å². The molecule has 2 aromatic carbocycles. The van der Waals surface area contributed by atoms with Gasteiger partial charge in [-0.25, -0.2) is 8.78 Å². The average Bonchev–Trinajstić information content (AvgIpc) is 2.91. The summed E-state index contributed by atoms with van der Waals surface area (Å²) in [6, 6.07) is 12.4. The van der Waals surface area contributed by atoms with Crippen molar-refractivity contribution in [3.63, 3.8) is 0 Å². The van der Waals surface area contributed by atoms with Gasteiger partial charge in [0.2, 0.25) is 0 Å². The lowest BCUT2D eigenvalue weighted by Gasteiger charge is -2.25. The molecule has 0 amide bonds. The molecule has 1 aliphatic heterocycles. The van der Waals surface area contributed by atoms with E-state index in [2.05, 4.69) is 36.1 Å². The van der Waals surface area contributed by atoms with Crippen LogP contribution in [0.2, 0.25) is 0 Å². The lowest BCUT2D eigenvalue weighted by Crippen LogP contribution is -2.23. The largest absolute Gasteiger partial charge is 0.292 e. The smallest absolute Gasteiger partial charge is 0.127 e. The molecule has 1 heterocycles. The normalized spacial score (nSPS) is 19.1. The van der Waals surface area contributed by atoms with Gasteiger partial charge in [0.05, 0.1) is 0 Å². The Morgan fingerprint density at radius 2 is 2.00 bits per heavy atom. The predicted molar refractivity (Wildman–Crippen MR) is 79.9 cm³/mol. The summed E-state index contributed by atoms with van der Waals surface area (Å²) in [5.74, 6) is -0.705. The van der Waals surface area contributed by atoms with Gasteiger partial charge in [-0.3, -0.25) is 4.90 Å². The van der Waals surface area contributed by atoms with E-state index in [0.717, 1.165) is 19.4 Å². The van der Waals surface area contributed by atoms with Crippen LogP contribution in [0, 0.1) is 18.6 Å². The summed E-state index contributed by atoms with van der Waals surface area (Å²) >= 11 is 0. The molecule has 0 aromatic heterocycles. The van der Waals surface area contributed by atoms with E-state index in [1.54, 1.807) is 0 Å². The van der Waals surface area contributed by atoms with Gasteiger partial charge in [0.25, 0.3) is 0 Å². The third-order valence-corrected chi connectivity index (χ3v) is 4.17. The Morgan fingerprint density at radius 1 is 1.14 bits per heavy atom. The van der Waals surface area contributed by atoms with Gasteiger partial charge in [0.15, 0.2) is 0 Å². The van der Waals surface area contributed by atoms with Crippen LogP contribution in [0.5, 0.6) is 0 Å². The van der Waals surface area contributed by atoms with Crippen molar-refractivity contribution in [2.45, 2.75) is 32.4 Å². The Balaban J connectivity index is 1.83. The van der Waals surface area contributed by atoms with Crippen molar-refractivity contribution in [3.8, 4) is 0 Å². The maximum absolute atomic E-state index is 13.8. The number of benzene rings is 2. The molecule has 0 bridgehead atoms. The summed E-state index contributed by atoms with van der Waals surface area (Å²) in [5.41, 5.74) is 2.94. The van der Waals surface area contributed by atoms with Crippen molar-refractivity contribution < 1.29 is 8.78 Å². The quantitative estimate of drug-likeness (QED) is 0.797. The van der Waals surface area contributed by atoms with Gasteiger partial charge < -0.3 is 0 Å². The summed E-state index contributed by atoms with van der Waals surface area (Å²) in [6.07, 6.45) is 2.16. The third-order valence-electron chi connectivity index (χ3n) is 4.17. The highest BCUT2D eigenvalue weighted by Gasteiger charge is 2.26. The monoisotopic (exact) mass is 287 g/mol. The number of aryl methyl sites for hydroxylation is 1. The van der Waals surface area contributed by atoms with E-state index >= 15 is 0 Å². The first-order valence-electron chi connectivity index (χ1n) is 7.38. The SMILES string of the molecule is Cc1cccc([C@H]2CCCN2Cc2cc(F)ccc2F)c1. The van der Waals surface area contributed by atoms with Crippen LogP contribution in [0.25, 0.3) is 0 Å². The zero-order valence-corrected chi connectivity index (χ0v) is 12.2. The highest BCUT2D eigenvalue weighted by molar-refractivity contribution is 5.26. The molecule has 21 heavy (non-hydrogen) atoms. The molecule has 1 saturated heterocycles. The van der Waals surface area contributed by atoms with E-state index in [9.17, 15) is 8.78 Å². The van der Waals surface area contributed by atoms with Crippen molar-refractivity contribution in [2.24, 2.45) is 0 Å². The Kier molecular flexibility index (Phi) is 4.02. The predicted octanol–water partition coefficient (Wildman–Crippen LogP) is 4.61. The van der Waals surface area contributed by atoms with E-state index in [0.29, 0.717) is 18.2 Å². The topological polar surface area (TPSA) is 3.24 Å². The van der Waals surface area contributed by atoms with Crippen LogP contribution in [0.4, 0.5) is 8.78 Å². The molecule has 1 aliphatic rings. The molecule has 3 rings (SSSR count). The van der Waals surface area contributed by atoms with E-state index in [1.165, 1.54) is 29.3 Å². The Bertz CT molecular complexity index is 639. The van der Waals surface area contributed by atoms with Crippen LogP contribution in [-0.2, 0) is 6.54 Å². The van der Waals surface area contributed by atoms with Gasteiger partial charge in [-0.05, 0) is 50.1 Å². The van der Waals surface area contributed by atoms with E-state index < -0.39 is 0 Å². The minimum absolute atomic E-state index is 0.299. The number of rotatable bonds is 3. The Morgan fingerprint density at radius 3 is 2.81 bits per heavy atom. The van der Waals surface area contributed by atoms with Crippen molar-refractivity contribution in [3.05, 3.63) is 70.8 Å². The van der Waals surface area contributed by atoms with Crippen molar-refractivity contribution >= 4 is 0 Å². The molecule has 110 valence electrons. The second-order valence-corrected chi connectivity index (χ2v) is 5.78. The first-order valence-corrected chi connectivity index (χ1v) is 7.38. The van der Waals surface area contributed by atoms with E-state index in [-0.39, 0.29) is 11.6 Å². The fourth-order valence-electron chi connectivity index (χ4n) is 3.15. The summed E-state index contributed by atoms with van der Waals surface area (Å²) in [4.78, 5) is 2.24. The molecular weight excluding hydrogens is 268 g/mol. The lowest BCUT2D eigenvalue weighted by molar-refractivity contribution is 0.244. The molecule has 0 saturated carbocycles. The van der Waals surface area contributed by atoms with Gasteiger partial charge in [-0.15, -0.1) is 0 Å². The van der Waals surface area contributed by atoms with Crippen molar-refractivity contribution in [1.82, 2.24) is 4.90 Å². The second kappa shape index (κ2) is 5.94. The molecule has 0 spiro atoms. The minimum Gasteiger partial charge on any atom is -0.292 e. The summed E-state index contributed by atoms with van der Waals surface area (Å²) < 4.78 is 27.1. The number of nitrogens with zero attached hydrogens (tertiary/aromatic N) is 1. The second-order valence-electron chi connectivity index (χ2n) is 5.78. The van der Waals surface area contributed by atoms with Crippen molar-refractivity contribution in [1.29, 1.82) is 0 Å². The van der Waals surface area contributed by atoms with Crippen LogP contribution in [0.15, 0.2) is 42.5 Å². The molecule has 2 aromatic rings. The number of likely N-dealkylation sites (tertiary alicyclic amines) is 1. The maximum atomic E-state index is 13.8. The van der Waals surface area contributed by atoms with Gasteiger partial charge in [0, 0.05) is 18.2 Å². The van der Waals surface area contributed by atoms with Gasteiger partial charge in [0.1, 0.15) is 11.6 Å². The standard InChI is InChI=1S/C18H19F2N/c1-13-4-2-5-14(10-13)18-6-3-9-21(18)12-15-11-16(19)7-8-17(15)20/h2,4-5,7-8,10-11,18H,3,6,9,12H2,1H3/t18-/m1/s1. The van der Waals surface area contributed by atoms with Gasteiger partial charge in [-0.1, -0.05) is 29.8 Å². The molecule has 1 fully saturated rings. The van der Waals surface area contributed by atoms with Crippen LogP contribution < -0.4 is 0 Å². The van der Waals surface area contributed by atoms with Crippen LogP contribution >= 0.6 is 0 Å². The molecule has 0 unspecified atom stereocenters. The van der Waals surface area contributed by atoms with Gasteiger partial charge >= 0.3 is 0 Å². The molecule has 0 radical (unpaired) electrons. The average molecular weight is 287 g/mol. The first-order chi connectivity index (χ1) is 10.1. The highest BCUT2D eigenvalue weighted by Crippen LogP contribution is 2.33. The maximum Gasteiger partial charge on any atom is 0.127 e. The third kappa shape index (κ3) is 3.13. The Hall–Kier alpha value is -1.74. The molecule has 3 heteroatoms. The molecule has 1 nitrogen and oxygen atoms in total. The first kappa shape index (κ1) is 14.2. The summed E-state index contributed by atoms with van der Waals surface area (Å²) in [6.45, 7) is 3.46. The van der Waals surface area contributed by atoms with E-state index in [4.69, 9.17) is 0 Å².